The summed E-state index contributed by atoms with van der Waals surface area (Å²) in [6.07, 6.45) is -2.70. The molecule has 3 N–H and O–H groups in total. The van der Waals surface area contributed by atoms with Crippen molar-refractivity contribution >= 4 is 5.97 Å². The van der Waals surface area contributed by atoms with Crippen LogP contribution in [0.15, 0.2) is 0 Å². The minimum absolute atomic E-state index is 0.510. The minimum atomic E-state index is -1.66. The standard InChI is InChI=1S/C5H10O5/c1-10-3(2-6)4(7)5(8)9/h3-4,6-7H,2H2,1H3,(H,8,9)/t3-,4?/m0/s1. The second-order valence-corrected chi connectivity index (χ2v) is 1.74. The second-order valence-electron chi connectivity index (χ2n) is 1.74. The van der Waals surface area contributed by atoms with Crippen LogP contribution in [0.1, 0.15) is 0 Å². The summed E-state index contributed by atoms with van der Waals surface area (Å²) in [7, 11) is 1.22. The molecule has 0 heterocycles. The molecule has 0 aromatic rings. The smallest absolute Gasteiger partial charge is 0.335 e. The molecule has 0 bridgehead atoms. The number of rotatable bonds is 4. The van der Waals surface area contributed by atoms with Gasteiger partial charge in [0.2, 0.25) is 0 Å². The first-order valence-corrected chi connectivity index (χ1v) is 2.68. The summed E-state index contributed by atoms with van der Waals surface area (Å²) in [5.41, 5.74) is 0. The van der Waals surface area contributed by atoms with Crippen LogP contribution in [0, 0.1) is 0 Å². The molecule has 0 saturated carbocycles. The van der Waals surface area contributed by atoms with Crippen molar-refractivity contribution in [1.29, 1.82) is 0 Å². The molecular weight excluding hydrogens is 140 g/mol. The zero-order chi connectivity index (χ0) is 8.15. The van der Waals surface area contributed by atoms with E-state index in [-0.39, 0.29) is 0 Å². The predicted molar refractivity (Wildman–Crippen MR) is 31.5 cm³/mol. The molecule has 10 heavy (non-hydrogen) atoms. The molecule has 0 aliphatic rings. The molecule has 0 rings (SSSR count). The van der Waals surface area contributed by atoms with E-state index < -0.39 is 24.8 Å². The summed E-state index contributed by atoms with van der Waals surface area (Å²) in [5, 5.41) is 25.3. The van der Waals surface area contributed by atoms with Gasteiger partial charge in [-0.3, -0.25) is 0 Å². The van der Waals surface area contributed by atoms with Crippen LogP contribution in [0.25, 0.3) is 0 Å². The van der Waals surface area contributed by atoms with E-state index in [1.165, 1.54) is 7.11 Å². The van der Waals surface area contributed by atoms with Crippen LogP contribution in [0.3, 0.4) is 0 Å². The SMILES string of the molecule is CO[C@@H](CO)C(O)C(=O)O. The van der Waals surface area contributed by atoms with Crippen LogP contribution in [-0.2, 0) is 9.53 Å². The molecule has 0 radical (unpaired) electrons. The predicted octanol–water partition coefficient (Wildman–Crippen LogP) is -1.56. The molecule has 0 aromatic heterocycles. The van der Waals surface area contributed by atoms with Crippen LogP contribution in [0.4, 0.5) is 0 Å². The highest BCUT2D eigenvalue weighted by molar-refractivity contribution is 5.72. The molecule has 0 amide bonds. The maximum absolute atomic E-state index is 10.0. The molecule has 0 aliphatic heterocycles. The van der Waals surface area contributed by atoms with Crippen molar-refractivity contribution in [3.63, 3.8) is 0 Å². The van der Waals surface area contributed by atoms with Crippen molar-refractivity contribution in [2.45, 2.75) is 12.2 Å². The Morgan fingerprint density at radius 2 is 2.20 bits per heavy atom. The molecule has 1 unspecified atom stereocenters. The fourth-order valence-electron chi connectivity index (χ4n) is 0.462. The molecule has 2 atom stereocenters. The molecule has 0 fully saturated rings. The van der Waals surface area contributed by atoms with Gasteiger partial charge in [-0.15, -0.1) is 0 Å². The van der Waals surface area contributed by atoms with Crippen LogP contribution in [0.2, 0.25) is 0 Å². The van der Waals surface area contributed by atoms with Gasteiger partial charge in [0.05, 0.1) is 6.61 Å². The Hall–Kier alpha value is -0.650. The molecule has 0 spiro atoms. The Kier molecular flexibility index (Phi) is 3.94. The third kappa shape index (κ3) is 2.30. The average molecular weight is 150 g/mol. The normalized spacial score (nSPS) is 16.3. The molecule has 0 saturated heterocycles. The molecule has 60 valence electrons. The molecular formula is C5H10O5. The number of aliphatic carboxylic acids is 1. The first-order valence-electron chi connectivity index (χ1n) is 2.68. The largest absolute Gasteiger partial charge is 0.479 e. The van der Waals surface area contributed by atoms with Crippen LogP contribution < -0.4 is 0 Å². The van der Waals surface area contributed by atoms with Gasteiger partial charge in [-0.25, -0.2) is 4.79 Å². The number of aliphatic hydroxyl groups excluding tert-OH is 2. The van der Waals surface area contributed by atoms with Crippen molar-refractivity contribution in [2.75, 3.05) is 13.7 Å². The number of ether oxygens (including phenoxy) is 1. The minimum Gasteiger partial charge on any atom is -0.479 e. The zero-order valence-electron chi connectivity index (χ0n) is 5.52. The summed E-state index contributed by atoms with van der Waals surface area (Å²) in [6.45, 7) is -0.510. The third-order valence-corrected chi connectivity index (χ3v) is 1.09. The lowest BCUT2D eigenvalue weighted by molar-refractivity contribution is -0.156. The van der Waals surface area contributed by atoms with Gasteiger partial charge < -0.3 is 20.1 Å². The number of carboxylic acids is 1. The van der Waals surface area contributed by atoms with Crippen molar-refractivity contribution in [2.24, 2.45) is 0 Å². The summed E-state index contributed by atoms with van der Waals surface area (Å²) >= 11 is 0. The first kappa shape index (κ1) is 9.35. The fraction of sp³-hybridized carbons (Fsp3) is 0.800. The number of aliphatic hydroxyl groups is 2. The Morgan fingerprint density at radius 1 is 1.70 bits per heavy atom. The summed E-state index contributed by atoms with van der Waals surface area (Å²) in [5.74, 6) is -1.40. The third-order valence-electron chi connectivity index (χ3n) is 1.09. The van der Waals surface area contributed by atoms with Crippen molar-refractivity contribution in [1.82, 2.24) is 0 Å². The Balaban J connectivity index is 3.88. The summed E-state index contributed by atoms with van der Waals surface area (Å²) < 4.78 is 4.44. The Labute approximate surface area is 57.9 Å². The first-order chi connectivity index (χ1) is 4.63. The van der Waals surface area contributed by atoms with E-state index in [1.54, 1.807) is 0 Å². The fourth-order valence-corrected chi connectivity index (χ4v) is 0.462. The highest BCUT2D eigenvalue weighted by Gasteiger charge is 2.24. The van der Waals surface area contributed by atoms with Gasteiger partial charge in [0.1, 0.15) is 6.10 Å². The topological polar surface area (TPSA) is 87.0 Å². The molecule has 5 nitrogen and oxygen atoms in total. The van der Waals surface area contributed by atoms with Crippen molar-refractivity contribution in [3.05, 3.63) is 0 Å². The van der Waals surface area contributed by atoms with E-state index in [4.69, 9.17) is 15.3 Å². The van der Waals surface area contributed by atoms with Crippen molar-refractivity contribution in [3.8, 4) is 0 Å². The Morgan fingerprint density at radius 3 is 2.30 bits per heavy atom. The van der Waals surface area contributed by atoms with Gasteiger partial charge in [0, 0.05) is 7.11 Å². The quantitative estimate of drug-likeness (QED) is 0.451. The number of methoxy groups -OCH3 is 1. The van der Waals surface area contributed by atoms with Crippen molar-refractivity contribution < 1.29 is 24.9 Å². The monoisotopic (exact) mass is 150 g/mol. The summed E-state index contributed by atoms with van der Waals surface area (Å²) in [6, 6.07) is 0. The van der Waals surface area contributed by atoms with Gasteiger partial charge in [-0.1, -0.05) is 0 Å². The van der Waals surface area contributed by atoms with E-state index in [2.05, 4.69) is 4.74 Å². The van der Waals surface area contributed by atoms with Gasteiger partial charge in [-0.05, 0) is 0 Å². The number of carbonyl (C=O) groups is 1. The van der Waals surface area contributed by atoms with Gasteiger partial charge in [-0.2, -0.15) is 0 Å². The highest BCUT2D eigenvalue weighted by atomic mass is 16.5. The maximum Gasteiger partial charge on any atom is 0.335 e. The molecule has 0 aliphatic carbocycles. The number of carboxylic acid groups (broad SMARTS) is 1. The van der Waals surface area contributed by atoms with Crippen LogP contribution in [0.5, 0.6) is 0 Å². The van der Waals surface area contributed by atoms with Crippen LogP contribution >= 0.6 is 0 Å². The van der Waals surface area contributed by atoms with E-state index in [1.807, 2.05) is 0 Å². The highest BCUT2D eigenvalue weighted by Crippen LogP contribution is 1.96. The lowest BCUT2D eigenvalue weighted by Gasteiger charge is -2.14. The number of hydrogen-bond donors (Lipinski definition) is 3. The molecule has 5 heteroatoms. The van der Waals surface area contributed by atoms with Gasteiger partial charge in [0.15, 0.2) is 6.10 Å². The van der Waals surface area contributed by atoms with E-state index >= 15 is 0 Å². The maximum atomic E-state index is 10.0. The van der Waals surface area contributed by atoms with Gasteiger partial charge in [0.25, 0.3) is 0 Å². The zero-order valence-corrected chi connectivity index (χ0v) is 5.52. The lowest BCUT2D eigenvalue weighted by Crippen LogP contribution is -2.37. The second kappa shape index (κ2) is 4.21. The molecule has 0 aromatic carbocycles. The summed E-state index contributed by atoms with van der Waals surface area (Å²) in [4.78, 5) is 10.0. The van der Waals surface area contributed by atoms with Gasteiger partial charge >= 0.3 is 5.97 Å². The lowest BCUT2D eigenvalue weighted by atomic mass is 10.2. The van der Waals surface area contributed by atoms with Crippen LogP contribution in [-0.4, -0.2) is 47.2 Å². The van der Waals surface area contributed by atoms with E-state index in [0.29, 0.717) is 0 Å². The van der Waals surface area contributed by atoms with E-state index in [0.717, 1.165) is 0 Å². The number of hydrogen-bond acceptors (Lipinski definition) is 4. The average Bonchev–Trinajstić information content (AvgIpc) is 1.90. The Bertz CT molecular complexity index is 109. The van der Waals surface area contributed by atoms with E-state index in [9.17, 15) is 4.79 Å².